The predicted octanol–water partition coefficient (Wildman–Crippen LogP) is 1.84. The Morgan fingerprint density at radius 1 is 1.33 bits per heavy atom. The molecule has 15 heavy (non-hydrogen) atoms. The average molecular weight is 222 g/mol. The van der Waals surface area contributed by atoms with E-state index in [1.165, 1.54) is 6.26 Å². The maximum absolute atomic E-state index is 11.9. The second kappa shape index (κ2) is 3.72. The lowest BCUT2D eigenvalue weighted by Gasteiger charge is -2.06. The van der Waals surface area contributed by atoms with E-state index >= 15 is 0 Å². The monoisotopic (exact) mass is 222 g/mol. The van der Waals surface area contributed by atoms with Crippen molar-refractivity contribution in [3.63, 3.8) is 0 Å². The molecular formula is C11H10O3S. The molecule has 1 heterocycles. The molecular weight excluding hydrogens is 212 g/mol. The standard InChI is InChI=1S/C11H10O3S/c1-7-10(12)8-5-3-4-6-9(8)14-11(7)15(2)13/h3-6H,1-2H3. The SMILES string of the molecule is Cc1c([S+](C)[O-])oc2ccccc2c1=O. The molecule has 0 aliphatic carbocycles. The summed E-state index contributed by atoms with van der Waals surface area (Å²) in [7, 11) is 0. The Kier molecular flexibility index (Phi) is 2.54. The van der Waals surface area contributed by atoms with Gasteiger partial charge in [-0.2, -0.15) is 0 Å². The lowest BCUT2D eigenvalue weighted by molar-refractivity contribution is 0.465. The highest BCUT2D eigenvalue weighted by Crippen LogP contribution is 2.18. The molecule has 0 bridgehead atoms. The molecule has 1 atom stereocenters. The number of hydrogen-bond donors (Lipinski definition) is 0. The summed E-state index contributed by atoms with van der Waals surface area (Å²) in [5.41, 5.74) is 0.801. The van der Waals surface area contributed by atoms with Crippen LogP contribution in [0.5, 0.6) is 0 Å². The predicted molar refractivity (Wildman–Crippen MR) is 59.6 cm³/mol. The Labute approximate surface area is 89.9 Å². The van der Waals surface area contributed by atoms with Gasteiger partial charge in [0.2, 0.25) is 5.43 Å². The topological polar surface area (TPSA) is 53.3 Å². The van der Waals surface area contributed by atoms with Crippen LogP contribution < -0.4 is 5.43 Å². The van der Waals surface area contributed by atoms with E-state index in [4.69, 9.17) is 4.42 Å². The minimum absolute atomic E-state index is 0.109. The Hall–Kier alpha value is -1.26. The fourth-order valence-corrected chi connectivity index (χ4v) is 2.22. The minimum Gasteiger partial charge on any atom is -0.609 e. The third-order valence-corrected chi connectivity index (χ3v) is 3.15. The largest absolute Gasteiger partial charge is 0.609 e. The smallest absolute Gasteiger partial charge is 0.318 e. The summed E-state index contributed by atoms with van der Waals surface area (Å²) in [6, 6.07) is 6.97. The number of para-hydroxylation sites is 1. The van der Waals surface area contributed by atoms with Crippen LogP contribution in [0.25, 0.3) is 11.0 Å². The van der Waals surface area contributed by atoms with Crippen LogP contribution in [0.4, 0.5) is 0 Å². The molecule has 0 radical (unpaired) electrons. The molecule has 4 heteroatoms. The van der Waals surface area contributed by atoms with Crippen molar-refractivity contribution in [2.24, 2.45) is 0 Å². The molecule has 1 unspecified atom stereocenters. The highest BCUT2D eigenvalue weighted by atomic mass is 32.2. The lowest BCUT2D eigenvalue weighted by Crippen LogP contribution is -2.12. The van der Waals surface area contributed by atoms with Crippen LogP contribution in [-0.4, -0.2) is 10.8 Å². The van der Waals surface area contributed by atoms with Crippen LogP contribution in [0.3, 0.4) is 0 Å². The van der Waals surface area contributed by atoms with Crippen LogP contribution >= 0.6 is 0 Å². The molecule has 0 amide bonds. The first-order valence-corrected chi connectivity index (χ1v) is 6.03. The van der Waals surface area contributed by atoms with Gasteiger partial charge < -0.3 is 8.97 Å². The van der Waals surface area contributed by atoms with E-state index in [-0.39, 0.29) is 10.5 Å². The van der Waals surface area contributed by atoms with Crippen molar-refractivity contribution in [3.05, 3.63) is 40.1 Å². The van der Waals surface area contributed by atoms with Gasteiger partial charge in [-0.3, -0.25) is 4.79 Å². The van der Waals surface area contributed by atoms with Crippen molar-refractivity contribution in [3.8, 4) is 0 Å². The maximum atomic E-state index is 11.9. The number of fused-ring (bicyclic) bond motifs is 1. The van der Waals surface area contributed by atoms with E-state index in [9.17, 15) is 9.35 Å². The molecule has 2 rings (SSSR count). The van der Waals surface area contributed by atoms with Gasteiger partial charge in [0.25, 0.3) is 0 Å². The second-order valence-corrected chi connectivity index (χ2v) is 4.57. The van der Waals surface area contributed by atoms with Crippen LogP contribution in [0, 0.1) is 6.92 Å². The zero-order valence-corrected chi connectivity index (χ0v) is 9.26. The van der Waals surface area contributed by atoms with Crippen molar-refractivity contribution in [1.82, 2.24) is 0 Å². The van der Waals surface area contributed by atoms with Crippen LogP contribution in [0.15, 0.2) is 38.6 Å². The second-order valence-electron chi connectivity index (χ2n) is 3.29. The molecule has 3 nitrogen and oxygen atoms in total. The van der Waals surface area contributed by atoms with E-state index < -0.39 is 11.2 Å². The van der Waals surface area contributed by atoms with Gasteiger partial charge in [0, 0.05) is 11.2 Å². The van der Waals surface area contributed by atoms with Gasteiger partial charge in [-0.1, -0.05) is 12.1 Å². The first kappa shape index (κ1) is 10.3. The third-order valence-electron chi connectivity index (χ3n) is 2.24. The van der Waals surface area contributed by atoms with Crippen LogP contribution in [0.2, 0.25) is 0 Å². The first-order chi connectivity index (χ1) is 7.11. The van der Waals surface area contributed by atoms with E-state index in [1.54, 1.807) is 31.2 Å². The van der Waals surface area contributed by atoms with E-state index in [2.05, 4.69) is 0 Å². The minimum atomic E-state index is -1.27. The van der Waals surface area contributed by atoms with Gasteiger partial charge in [-0.25, -0.2) is 0 Å². The highest BCUT2D eigenvalue weighted by Gasteiger charge is 2.17. The summed E-state index contributed by atoms with van der Waals surface area (Å²) < 4.78 is 16.8. The van der Waals surface area contributed by atoms with Gasteiger partial charge in [0.1, 0.15) is 11.8 Å². The van der Waals surface area contributed by atoms with Crippen LogP contribution in [-0.2, 0) is 11.2 Å². The molecule has 0 fully saturated rings. The number of benzene rings is 1. The van der Waals surface area contributed by atoms with Gasteiger partial charge in [0.15, 0.2) is 0 Å². The van der Waals surface area contributed by atoms with Gasteiger partial charge >= 0.3 is 5.09 Å². The molecule has 0 spiro atoms. The molecule has 1 aromatic heterocycles. The summed E-state index contributed by atoms with van der Waals surface area (Å²) in [5, 5.41) is 0.794. The molecule has 78 valence electrons. The summed E-state index contributed by atoms with van der Waals surface area (Å²) in [4.78, 5) is 11.9. The normalized spacial score (nSPS) is 13.0. The fraction of sp³-hybridized carbons (Fsp3) is 0.182. The molecule has 0 aliphatic heterocycles. The quantitative estimate of drug-likeness (QED) is 0.692. The Balaban J connectivity index is 2.89. The zero-order chi connectivity index (χ0) is 11.0. The first-order valence-electron chi connectivity index (χ1n) is 4.47. The Morgan fingerprint density at radius 3 is 2.67 bits per heavy atom. The highest BCUT2D eigenvalue weighted by molar-refractivity contribution is 7.90. The van der Waals surface area contributed by atoms with E-state index in [1.807, 2.05) is 0 Å². The summed E-state index contributed by atoms with van der Waals surface area (Å²) in [5.74, 6) is 0. The molecule has 0 aliphatic rings. The summed E-state index contributed by atoms with van der Waals surface area (Å²) in [6.45, 7) is 1.63. The third kappa shape index (κ3) is 1.66. The fourth-order valence-electron chi connectivity index (χ4n) is 1.49. The van der Waals surface area contributed by atoms with Gasteiger partial charge in [-0.05, 0) is 19.1 Å². The summed E-state index contributed by atoms with van der Waals surface area (Å²) >= 11 is -1.27. The summed E-state index contributed by atoms with van der Waals surface area (Å²) in [6.07, 6.45) is 1.50. The van der Waals surface area contributed by atoms with Gasteiger partial charge in [-0.15, -0.1) is 0 Å². The van der Waals surface area contributed by atoms with Crippen LogP contribution in [0.1, 0.15) is 5.56 Å². The van der Waals surface area contributed by atoms with Crippen molar-refractivity contribution in [1.29, 1.82) is 0 Å². The maximum Gasteiger partial charge on any atom is 0.318 e. The van der Waals surface area contributed by atoms with Crippen molar-refractivity contribution in [2.75, 3.05) is 6.26 Å². The van der Waals surface area contributed by atoms with Gasteiger partial charge in [0.05, 0.1) is 10.9 Å². The molecule has 1 aromatic carbocycles. The molecule has 0 saturated heterocycles. The lowest BCUT2D eigenvalue weighted by atomic mass is 10.2. The number of rotatable bonds is 1. The molecule has 0 saturated carbocycles. The van der Waals surface area contributed by atoms with Crippen molar-refractivity contribution < 1.29 is 8.97 Å². The Morgan fingerprint density at radius 2 is 2.00 bits per heavy atom. The van der Waals surface area contributed by atoms with Crippen molar-refractivity contribution >= 4 is 22.1 Å². The van der Waals surface area contributed by atoms with E-state index in [0.29, 0.717) is 16.5 Å². The van der Waals surface area contributed by atoms with E-state index in [0.717, 1.165) is 0 Å². The van der Waals surface area contributed by atoms with Crippen molar-refractivity contribution in [2.45, 2.75) is 12.0 Å². The average Bonchev–Trinajstić information content (AvgIpc) is 2.23. The Bertz CT molecular complexity index is 557. The number of hydrogen-bond acceptors (Lipinski definition) is 3. The molecule has 0 N–H and O–H groups in total. The molecule has 2 aromatic rings. The zero-order valence-electron chi connectivity index (χ0n) is 8.44.